The topological polar surface area (TPSA) is 148 Å². The third-order valence-electron chi connectivity index (χ3n) is 12.5. The van der Waals surface area contributed by atoms with Crippen LogP contribution in [0.2, 0.25) is 0 Å². The Kier molecular flexibility index (Phi) is 20.8. The second kappa shape index (κ2) is 25.2. The first-order valence-corrected chi connectivity index (χ1v) is 24.2. The van der Waals surface area contributed by atoms with E-state index in [9.17, 15) is 19.8 Å². The van der Waals surface area contributed by atoms with Crippen molar-refractivity contribution in [2.45, 2.75) is 181 Å². The van der Waals surface area contributed by atoms with E-state index in [0.29, 0.717) is 36.6 Å². The Labute approximate surface area is 379 Å². The molecule has 6 atom stereocenters. The molecule has 0 bridgehead atoms. The van der Waals surface area contributed by atoms with Crippen LogP contribution in [-0.4, -0.2) is 90.5 Å². The summed E-state index contributed by atoms with van der Waals surface area (Å²) < 4.78 is 26.1. The van der Waals surface area contributed by atoms with Gasteiger partial charge in [0.2, 0.25) is 5.79 Å². The molecule has 3 N–H and O–H groups in total. The Morgan fingerprint density at radius 3 is 2.21 bits per heavy atom. The summed E-state index contributed by atoms with van der Waals surface area (Å²) in [6.45, 7) is 19.2. The maximum Gasteiger partial charge on any atom is 0.412 e. The summed E-state index contributed by atoms with van der Waals surface area (Å²) in [6.07, 6.45) is 20.0. The lowest BCUT2D eigenvalue weighted by atomic mass is 9.55. The second-order valence-electron chi connectivity index (χ2n) is 20.2. The molecule has 0 radical (unpaired) electrons. The van der Waals surface area contributed by atoms with Crippen LogP contribution in [0.15, 0.2) is 47.7 Å². The molecule has 356 valence electrons. The van der Waals surface area contributed by atoms with Crippen LogP contribution in [0.1, 0.15) is 169 Å². The molecule has 4 rings (SSSR count). The molecule has 2 amide bonds. The van der Waals surface area contributed by atoms with Crippen molar-refractivity contribution in [1.29, 1.82) is 0 Å². The number of hydrogen-bond acceptors (Lipinski definition) is 10. The molecule has 1 saturated carbocycles. The minimum absolute atomic E-state index is 0.0282. The maximum absolute atomic E-state index is 14.1. The van der Waals surface area contributed by atoms with Crippen LogP contribution in [-0.2, 0) is 14.3 Å². The summed E-state index contributed by atoms with van der Waals surface area (Å²) >= 11 is 0. The number of amides is 2. The quantitative estimate of drug-likeness (QED) is 0.0470. The Balaban J connectivity index is 1.76. The number of oxime groups is 1. The molecule has 1 aliphatic heterocycles. The normalized spacial score (nSPS) is 23.5. The minimum atomic E-state index is -1.41. The van der Waals surface area contributed by atoms with Gasteiger partial charge in [-0.1, -0.05) is 116 Å². The number of likely N-dealkylation sites (N-methyl/N-ethyl adjacent to an activating group) is 1. The molecule has 1 heterocycles. The summed E-state index contributed by atoms with van der Waals surface area (Å²) in [5, 5.41) is 27.6. The van der Waals surface area contributed by atoms with Gasteiger partial charge in [-0.15, -0.1) is 6.58 Å². The molecule has 0 saturated heterocycles. The molecule has 12 heteroatoms. The zero-order valence-corrected chi connectivity index (χ0v) is 40.2. The van der Waals surface area contributed by atoms with E-state index >= 15 is 0 Å². The first kappa shape index (κ1) is 52.0. The van der Waals surface area contributed by atoms with Crippen molar-refractivity contribution in [2.75, 3.05) is 40.0 Å². The van der Waals surface area contributed by atoms with Gasteiger partial charge in [-0.3, -0.25) is 0 Å². The third-order valence-corrected chi connectivity index (χ3v) is 12.5. The molecule has 0 aromatic heterocycles. The second-order valence-corrected chi connectivity index (χ2v) is 20.2. The van der Waals surface area contributed by atoms with Gasteiger partial charge in [-0.2, -0.15) is 0 Å². The monoisotopic (exact) mass is 882 g/mol. The SMILES string of the molecule is C=CCO[C@@]12Oc3ccc(OC(=O)NCCCCCCCCCCCC)cc3[C@H]3[C@H](CCCCO)[C@@H](CCCCO)C=C(C(=NOC(C)(C)C)C[C@@H]1N(C)C(=O)OCC(C)(C)C)[C@H]32. The van der Waals surface area contributed by atoms with Gasteiger partial charge in [0.1, 0.15) is 23.1 Å². The number of nitrogens with zero attached hydrogens (tertiary/aromatic N) is 2. The molecule has 1 aromatic rings. The summed E-state index contributed by atoms with van der Waals surface area (Å²) in [5.74, 6) is -1.08. The zero-order chi connectivity index (χ0) is 46.0. The standard InChI is InChI=1S/C51H83N3O9/c1-10-12-13-14-15-16-17-18-19-22-29-52-47(57)61-38-27-28-43-41(34-38)45-39(26-21-24-31-56)37(25-20-23-30-55)33-40-42(53-63-50(6,7)8)35-44(51(62-43,46(40)45)60-32-11-2)54(9)48(58)59-36-49(3,4)5/h11,27-28,33-34,37,39,44-46,55-56H,2,10,12-26,29-32,35-36H2,1,3-9H3,(H,52,57)/t37-,39+,44-,45+,46+,51+/m0/s1. The van der Waals surface area contributed by atoms with Crippen LogP contribution in [0.4, 0.5) is 9.59 Å². The summed E-state index contributed by atoms with van der Waals surface area (Å²) in [6, 6.07) is 4.82. The number of aliphatic hydroxyl groups excluding tert-OH is 2. The number of allylic oxidation sites excluding steroid dienone is 1. The molecule has 12 nitrogen and oxygen atoms in total. The number of fused-ring (bicyclic) bond motifs is 2. The lowest BCUT2D eigenvalue weighted by molar-refractivity contribution is -0.254. The van der Waals surface area contributed by atoms with Gasteiger partial charge in [0, 0.05) is 44.7 Å². The van der Waals surface area contributed by atoms with Gasteiger partial charge in [-0.25, -0.2) is 9.59 Å². The van der Waals surface area contributed by atoms with E-state index in [-0.39, 0.29) is 56.0 Å². The van der Waals surface area contributed by atoms with Crippen molar-refractivity contribution in [1.82, 2.24) is 10.2 Å². The molecular weight excluding hydrogens is 799 g/mol. The predicted octanol–water partition coefficient (Wildman–Crippen LogP) is 11.2. The van der Waals surface area contributed by atoms with Crippen molar-refractivity contribution in [3.05, 3.63) is 48.1 Å². The Hall–Kier alpha value is -3.61. The maximum atomic E-state index is 14.1. The van der Waals surface area contributed by atoms with Crippen molar-refractivity contribution < 1.29 is 43.6 Å². The smallest absolute Gasteiger partial charge is 0.412 e. The number of carbonyl (C=O) groups excluding carboxylic acids is 2. The number of ether oxygens (including phenoxy) is 4. The van der Waals surface area contributed by atoms with E-state index in [4.69, 9.17) is 28.9 Å². The Bertz CT molecular complexity index is 1650. The number of nitrogens with one attached hydrogen (secondary N) is 1. The Morgan fingerprint density at radius 1 is 0.937 bits per heavy atom. The lowest BCUT2D eigenvalue weighted by Gasteiger charge is -2.59. The van der Waals surface area contributed by atoms with Gasteiger partial charge in [0.25, 0.3) is 0 Å². The van der Waals surface area contributed by atoms with Crippen LogP contribution in [0.5, 0.6) is 11.5 Å². The van der Waals surface area contributed by atoms with E-state index in [1.807, 2.05) is 53.7 Å². The fraction of sp³-hybridized carbons (Fsp3) is 0.745. The first-order valence-electron chi connectivity index (χ1n) is 24.2. The van der Waals surface area contributed by atoms with Gasteiger partial charge >= 0.3 is 12.2 Å². The molecule has 2 aliphatic carbocycles. The number of unbranched alkanes of at least 4 members (excludes halogenated alkanes) is 11. The number of carbonyl (C=O) groups is 2. The number of hydrogen-bond donors (Lipinski definition) is 3. The van der Waals surface area contributed by atoms with E-state index in [0.717, 1.165) is 56.1 Å². The zero-order valence-electron chi connectivity index (χ0n) is 40.2. The summed E-state index contributed by atoms with van der Waals surface area (Å²) in [5.41, 5.74) is 1.66. The lowest BCUT2D eigenvalue weighted by Crippen LogP contribution is -2.69. The summed E-state index contributed by atoms with van der Waals surface area (Å²) in [7, 11) is 1.73. The van der Waals surface area contributed by atoms with Crippen LogP contribution < -0.4 is 14.8 Å². The highest BCUT2D eigenvalue weighted by atomic mass is 16.7. The van der Waals surface area contributed by atoms with Crippen molar-refractivity contribution in [3.8, 4) is 11.5 Å². The van der Waals surface area contributed by atoms with Crippen molar-refractivity contribution in [3.63, 3.8) is 0 Å². The van der Waals surface area contributed by atoms with Crippen LogP contribution in [0.3, 0.4) is 0 Å². The average Bonchev–Trinajstić information content (AvgIpc) is 3.23. The highest BCUT2D eigenvalue weighted by Crippen LogP contribution is 2.62. The molecule has 3 aliphatic rings. The number of aliphatic hydroxyl groups is 2. The first-order chi connectivity index (χ1) is 30.1. The highest BCUT2D eigenvalue weighted by molar-refractivity contribution is 6.03. The third kappa shape index (κ3) is 15.2. The minimum Gasteiger partial charge on any atom is -0.459 e. The van der Waals surface area contributed by atoms with Crippen LogP contribution in [0.25, 0.3) is 0 Å². The number of rotatable bonds is 26. The van der Waals surface area contributed by atoms with E-state index < -0.39 is 35.5 Å². The fourth-order valence-electron chi connectivity index (χ4n) is 9.44. The fourth-order valence-corrected chi connectivity index (χ4v) is 9.44. The molecule has 0 unspecified atom stereocenters. The average molecular weight is 882 g/mol. The van der Waals surface area contributed by atoms with E-state index in [1.54, 1.807) is 24.1 Å². The molecule has 1 fully saturated rings. The van der Waals surface area contributed by atoms with E-state index in [2.05, 4.69) is 24.9 Å². The van der Waals surface area contributed by atoms with Gasteiger partial charge in [0.05, 0.1) is 24.8 Å². The predicted molar refractivity (Wildman–Crippen MR) is 250 cm³/mol. The number of benzene rings is 1. The largest absolute Gasteiger partial charge is 0.459 e. The molecule has 1 aromatic carbocycles. The molecule has 0 spiro atoms. The van der Waals surface area contributed by atoms with Gasteiger partial charge in [-0.05, 0) is 93.9 Å². The van der Waals surface area contributed by atoms with Gasteiger partial charge < -0.3 is 44.2 Å². The van der Waals surface area contributed by atoms with Crippen LogP contribution in [0, 0.1) is 23.2 Å². The molecular formula is C51H83N3O9. The Morgan fingerprint density at radius 2 is 1.59 bits per heavy atom. The van der Waals surface area contributed by atoms with Crippen LogP contribution >= 0.6 is 0 Å². The van der Waals surface area contributed by atoms with Crippen molar-refractivity contribution >= 4 is 17.9 Å². The molecule has 63 heavy (non-hydrogen) atoms. The van der Waals surface area contributed by atoms with Crippen molar-refractivity contribution in [2.24, 2.45) is 28.3 Å². The highest BCUT2D eigenvalue weighted by Gasteiger charge is 2.65. The van der Waals surface area contributed by atoms with E-state index in [1.165, 1.54) is 44.9 Å². The summed E-state index contributed by atoms with van der Waals surface area (Å²) in [4.78, 5) is 35.1. The van der Waals surface area contributed by atoms with Gasteiger partial charge in [0.15, 0.2) is 0 Å².